The number of carbonyl (C=O) groups is 1. The molecular weight excluding hydrogens is 275 g/mol. The molecule has 4 nitrogen and oxygen atoms in total. The van der Waals surface area contributed by atoms with Gasteiger partial charge in [0.05, 0.1) is 6.10 Å². The lowest BCUT2D eigenvalue weighted by atomic mass is 10.3. The molecule has 0 heterocycles. The van der Waals surface area contributed by atoms with Crippen molar-refractivity contribution in [1.29, 1.82) is 0 Å². The zero-order valence-corrected chi connectivity index (χ0v) is 11.8. The van der Waals surface area contributed by atoms with E-state index in [1.165, 1.54) is 4.90 Å². The van der Waals surface area contributed by atoms with Gasteiger partial charge < -0.3 is 15.3 Å². The van der Waals surface area contributed by atoms with Gasteiger partial charge in [-0.1, -0.05) is 23.2 Å². The highest BCUT2D eigenvalue weighted by Gasteiger charge is 2.10. The number of aliphatic hydroxyl groups is 1. The highest BCUT2D eigenvalue weighted by molar-refractivity contribution is 6.35. The molecule has 0 saturated carbocycles. The summed E-state index contributed by atoms with van der Waals surface area (Å²) in [6.45, 7) is 2.15. The summed E-state index contributed by atoms with van der Waals surface area (Å²) in [7, 11) is 1.66. The fourth-order valence-corrected chi connectivity index (χ4v) is 1.85. The Balaban J connectivity index is 2.58. The van der Waals surface area contributed by atoms with Gasteiger partial charge in [-0.15, -0.1) is 0 Å². The SMILES string of the molecule is CC(O)CCN(C)C(=O)Nc1cc(Cl)cc(Cl)c1. The van der Waals surface area contributed by atoms with Crippen LogP contribution in [0.3, 0.4) is 0 Å². The molecule has 2 amide bonds. The molecule has 0 aliphatic carbocycles. The van der Waals surface area contributed by atoms with Gasteiger partial charge in [0.15, 0.2) is 0 Å². The number of urea groups is 1. The van der Waals surface area contributed by atoms with Crippen molar-refractivity contribution in [1.82, 2.24) is 4.90 Å². The van der Waals surface area contributed by atoms with Crippen LogP contribution in [-0.4, -0.2) is 35.7 Å². The molecule has 1 aromatic rings. The number of hydrogen-bond donors (Lipinski definition) is 2. The Bertz CT molecular complexity index is 404. The third-order valence-electron chi connectivity index (χ3n) is 2.34. The Labute approximate surface area is 116 Å². The fraction of sp³-hybridized carbons (Fsp3) is 0.417. The second kappa shape index (κ2) is 6.83. The molecule has 0 radical (unpaired) electrons. The maximum absolute atomic E-state index is 11.8. The predicted molar refractivity (Wildman–Crippen MR) is 74.4 cm³/mol. The topological polar surface area (TPSA) is 52.6 Å². The van der Waals surface area contributed by atoms with E-state index in [1.807, 2.05) is 0 Å². The maximum Gasteiger partial charge on any atom is 0.321 e. The number of halogens is 2. The first kappa shape index (κ1) is 15.1. The van der Waals surface area contributed by atoms with Crippen molar-refractivity contribution in [2.75, 3.05) is 18.9 Å². The summed E-state index contributed by atoms with van der Waals surface area (Å²) in [5, 5.41) is 12.8. The zero-order valence-electron chi connectivity index (χ0n) is 10.3. The van der Waals surface area contributed by atoms with Crippen molar-refractivity contribution < 1.29 is 9.90 Å². The van der Waals surface area contributed by atoms with E-state index in [-0.39, 0.29) is 6.03 Å². The van der Waals surface area contributed by atoms with E-state index in [0.29, 0.717) is 28.7 Å². The van der Waals surface area contributed by atoms with Crippen LogP contribution in [0.5, 0.6) is 0 Å². The van der Waals surface area contributed by atoms with E-state index >= 15 is 0 Å². The number of nitrogens with one attached hydrogen (secondary N) is 1. The van der Waals surface area contributed by atoms with Crippen LogP contribution in [-0.2, 0) is 0 Å². The minimum Gasteiger partial charge on any atom is -0.393 e. The van der Waals surface area contributed by atoms with Crippen LogP contribution >= 0.6 is 23.2 Å². The molecule has 0 bridgehead atoms. The second-order valence-corrected chi connectivity index (χ2v) is 5.02. The van der Waals surface area contributed by atoms with Gasteiger partial charge in [0, 0.05) is 29.3 Å². The van der Waals surface area contributed by atoms with Gasteiger partial charge in [-0.05, 0) is 31.5 Å². The summed E-state index contributed by atoms with van der Waals surface area (Å²) in [6.07, 6.45) is 0.0982. The van der Waals surface area contributed by atoms with E-state index in [2.05, 4.69) is 5.32 Å². The average molecular weight is 291 g/mol. The zero-order chi connectivity index (χ0) is 13.7. The summed E-state index contributed by atoms with van der Waals surface area (Å²) >= 11 is 11.7. The van der Waals surface area contributed by atoms with Gasteiger partial charge in [0.2, 0.25) is 0 Å². The molecule has 0 aromatic heterocycles. The monoisotopic (exact) mass is 290 g/mol. The number of carbonyl (C=O) groups excluding carboxylic acids is 1. The Kier molecular flexibility index (Phi) is 5.72. The second-order valence-electron chi connectivity index (χ2n) is 4.15. The summed E-state index contributed by atoms with van der Waals surface area (Å²) in [5.74, 6) is 0. The summed E-state index contributed by atoms with van der Waals surface area (Å²) in [4.78, 5) is 13.3. The van der Waals surface area contributed by atoms with Crippen LogP contribution in [0.15, 0.2) is 18.2 Å². The molecule has 0 fully saturated rings. The first-order chi connectivity index (χ1) is 8.38. The van der Waals surface area contributed by atoms with E-state index in [4.69, 9.17) is 28.3 Å². The lowest BCUT2D eigenvalue weighted by molar-refractivity contribution is 0.167. The molecule has 6 heteroatoms. The van der Waals surface area contributed by atoms with Crippen LogP contribution in [0, 0.1) is 0 Å². The number of rotatable bonds is 4. The predicted octanol–water partition coefficient (Wildman–Crippen LogP) is 3.23. The quantitative estimate of drug-likeness (QED) is 0.894. The van der Waals surface area contributed by atoms with Crippen LogP contribution < -0.4 is 5.32 Å². The van der Waals surface area contributed by atoms with Gasteiger partial charge >= 0.3 is 6.03 Å². The van der Waals surface area contributed by atoms with Gasteiger partial charge in [0.25, 0.3) is 0 Å². The maximum atomic E-state index is 11.8. The average Bonchev–Trinajstić information content (AvgIpc) is 2.24. The summed E-state index contributed by atoms with van der Waals surface area (Å²) in [6, 6.07) is 4.56. The Morgan fingerprint density at radius 1 is 1.39 bits per heavy atom. The molecule has 1 aromatic carbocycles. The van der Waals surface area contributed by atoms with Crippen LogP contribution in [0.2, 0.25) is 10.0 Å². The van der Waals surface area contributed by atoms with E-state index in [9.17, 15) is 4.79 Å². The van der Waals surface area contributed by atoms with Crippen LogP contribution in [0.4, 0.5) is 10.5 Å². The lowest BCUT2D eigenvalue weighted by Crippen LogP contribution is -2.33. The summed E-state index contributed by atoms with van der Waals surface area (Å²) < 4.78 is 0. The minimum atomic E-state index is -0.430. The number of hydrogen-bond acceptors (Lipinski definition) is 2. The molecule has 0 aliphatic heterocycles. The van der Waals surface area contributed by atoms with Crippen molar-refractivity contribution in [2.24, 2.45) is 0 Å². The van der Waals surface area contributed by atoms with Crippen molar-refractivity contribution in [3.63, 3.8) is 0 Å². The highest BCUT2D eigenvalue weighted by atomic mass is 35.5. The Hall–Kier alpha value is -0.970. The van der Waals surface area contributed by atoms with Gasteiger partial charge in [0.1, 0.15) is 0 Å². The largest absolute Gasteiger partial charge is 0.393 e. The number of benzene rings is 1. The smallest absolute Gasteiger partial charge is 0.321 e. The van der Waals surface area contributed by atoms with Crippen molar-refractivity contribution in [2.45, 2.75) is 19.4 Å². The Morgan fingerprint density at radius 3 is 2.44 bits per heavy atom. The number of amides is 2. The number of aliphatic hydroxyl groups excluding tert-OH is 1. The number of anilines is 1. The molecule has 0 spiro atoms. The molecular formula is C12H16Cl2N2O2. The van der Waals surface area contributed by atoms with E-state index in [0.717, 1.165) is 0 Å². The van der Waals surface area contributed by atoms with Crippen molar-refractivity contribution in [3.8, 4) is 0 Å². The van der Waals surface area contributed by atoms with Gasteiger partial charge in [-0.3, -0.25) is 0 Å². The standard InChI is InChI=1S/C12H16Cl2N2O2/c1-8(17)3-4-16(2)12(18)15-11-6-9(13)5-10(14)7-11/h5-8,17H,3-4H2,1-2H3,(H,15,18). The highest BCUT2D eigenvalue weighted by Crippen LogP contribution is 2.22. The normalized spacial score (nSPS) is 12.1. The molecule has 1 rings (SSSR count). The molecule has 1 unspecified atom stereocenters. The lowest BCUT2D eigenvalue weighted by Gasteiger charge is -2.18. The molecule has 0 aliphatic rings. The minimum absolute atomic E-state index is 0.269. The molecule has 2 N–H and O–H groups in total. The van der Waals surface area contributed by atoms with Gasteiger partial charge in [-0.25, -0.2) is 4.79 Å². The molecule has 1 atom stereocenters. The molecule has 18 heavy (non-hydrogen) atoms. The summed E-state index contributed by atoms with van der Waals surface area (Å²) in [5.41, 5.74) is 0.543. The van der Waals surface area contributed by atoms with Crippen molar-refractivity contribution >= 4 is 34.9 Å². The molecule has 100 valence electrons. The number of nitrogens with zero attached hydrogens (tertiary/aromatic N) is 1. The van der Waals surface area contributed by atoms with Crippen LogP contribution in [0.25, 0.3) is 0 Å². The molecule has 0 saturated heterocycles. The van der Waals surface area contributed by atoms with E-state index < -0.39 is 6.10 Å². The first-order valence-electron chi connectivity index (χ1n) is 5.54. The third-order valence-corrected chi connectivity index (χ3v) is 2.78. The fourth-order valence-electron chi connectivity index (χ4n) is 1.33. The Morgan fingerprint density at radius 2 is 1.94 bits per heavy atom. The third kappa shape index (κ3) is 5.12. The van der Waals surface area contributed by atoms with Gasteiger partial charge in [-0.2, -0.15) is 0 Å². The van der Waals surface area contributed by atoms with E-state index in [1.54, 1.807) is 32.2 Å². The van der Waals surface area contributed by atoms with Crippen molar-refractivity contribution in [3.05, 3.63) is 28.2 Å². The first-order valence-corrected chi connectivity index (χ1v) is 6.30. The van der Waals surface area contributed by atoms with Crippen LogP contribution in [0.1, 0.15) is 13.3 Å².